The van der Waals surface area contributed by atoms with Gasteiger partial charge in [0.05, 0.1) is 6.54 Å². The number of hydrogen-bond donors (Lipinski definition) is 4. The van der Waals surface area contributed by atoms with Gasteiger partial charge in [0.2, 0.25) is 0 Å². The van der Waals surface area contributed by atoms with Gasteiger partial charge in [0.1, 0.15) is 5.54 Å². The quantitative estimate of drug-likeness (QED) is 0.501. The topological polar surface area (TPSA) is 128 Å². The van der Waals surface area contributed by atoms with Crippen LogP contribution in [0.5, 0.6) is 0 Å². The predicted molar refractivity (Wildman–Crippen MR) is 99.6 cm³/mol. The normalized spacial score (nSPS) is 26.4. The van der Waals surface area contributed by atoms with E-state index in [9.17, 15) is 19.2 Å². The predicted octanol–water partition coefficient (Wildman–Crippen LogP) is 0.409. The lowest BCUT2D eigenvalue weighted by Gasteiger charge is -2.42. The summed E-state index contributed by atoms with van der Waals surface area (Å²) in [6, 6.07) is 6.16. The highest BCUT2D eigenvalue weighted by atomic mass is 16.4. The van der Waals surface area contributed by atoms with Crippen LogP contribution < -0.4 is 16.0 Å². The maximum atomic E-state index is 12.4. The Morgan fingerprint density at radius 2 is 1.89 bits per heavy atom. The molecule has 0 spiro atoms. The lowest BCUT2D eigenvalue weighted by molar-refractivity contribution is -0.139. The van der Waals surface area contributed by atoms with Crippen molar-refractivity contribution in [2.75, 3.05) is 13.1 Å². The molecule has 1 heterocycles. The van der Waals surface area contributed by atoms with E-state index in [0.29, 0.717) is 17.7 Å². The van der Waals surface area contributed by atoms with Crippen molar-refractivity contribution < 1.29 is 24.3 Å². The summed E-state index contributed by atoms with van der Waals surface area (Å²) in [5.41, 5.74) is -0.108. The van der Waals surface area contributed by atoms with Crippen LogP contribution in [0.1, 0.15) is 42.6 Å². The summed E-state index contributed by atoms with van der Waals surface area (Å²) in [4.78, 5) is 48.6. The fourth-order valence-corrected chi connectivity index (χ4v) is 3.65. The highest BCUT2D eigenvalue weighted by Crippen LogP contribution is 2.27. The molecule has 150 valence electrons. The fourth-order valence-electron chi connectivity index (χ4n) is 3.65. The van der Waals surface area contributed by atoms with Crippen molar-refractivity contribution in [1.82, 2.24) is 20.9 Å². The van der Waals surface area contributed by atoms with E-state index >= 15 is 0 Å². The molecular formula is C19H24N4O5. The van der Waals surface area contributed by atoms with E-state index in [-0.39, 0.29) is 24.5 Å². The fraction of sp³-hybridized carbons (Fsp3) is 0.474. The molecule has 1 unspecified atom stereocenters. The van der Waals surface area contributed by atoms with Crippen molar-refractivity contribution in [1.29, 1.82) is 0 Å². The first-order chi connectivity index (χ1) is 13.2. The van der Waals surface area contributed by atoms with Crippen LogP contribution in [-0.2, 0) is 15.1 Å². The number of nitrogens with zero attached hydrogens (tertiary/aromatic N) is 1. The van der Waals surface area contributed by atoms with E-state index in [4.69, 9.17) is 5.11 Å². The average molecular weight is 388 g/mol. The summed E-state index contributed by atoms with van der Waals surface area (Å²) in [7, 11) is 0. The number of carboxylic acid groups (broad SMARTS) is 1. The van der Waals surface area contributed by atoms with Gasteiger partial charge in [0.15, 0.2) is 0 Å². The van der Waals surface area contributed by atoms with Crippen LogP contribution in [-0.4, -0.2) is 59.0 Å². The molecule has 9 heteroatoms. The highest BCUT2D eigenvalue weighted by molar-refractivity contribution is 6.07. The molecule has 3 rings (SSSR count). The maximum Gasteiger partial charge on any atom is 0.322 e. The number of aliphatic carboxylic acids is 1. The minimum absolute atomic E-state index is 0.00613. The van der Waals surface area contributed by atoms with Crippen molar-refractivity contribution in [2.45, 2.75) is 44.3 Å². The van der Waals surface area contributed by atoms with Gasteiger partial charge in [-0.15, -0.1) is 0 Å². The number of carbonyl (C=O) groups is 4. The Kier molecular flexibility index (Phi) is 5.37. The molecular weight excluding hydrogens is 364 g/mol. The molecule has 1 aliphatic heterocycles. The molecule has 1 aliphatic carbocycles. The third-order valence-corrected chi connectivity index (χ3v) is 5.48. The van der Waals surface area contributed by atoms with Crippen LogP contribution >= 0.6 is 0 Å². The highest BCUT2D eigenvalue weighted by Gasteiger charge is 2.43. The number of urea groups is 1. The molecule has 0 radical (unpaired) electrons. The lowest BCUT2D eigenvalue weighted by atomic mass is 9.85. The van der Waals surface area contributed by atoms with Crippen LogP contribution in [0, 0.1) is 0 Å². The molecule has 0 bridgehead atoms. The zero-order chi connectivity index (χ0) is 20.5. The SMILES string of the molecule is CCN(CC(=O)O)C1CC(NC(=O)c2ccc(C3(C)NC(=O)NC3=O)cc2)C1. The molecule has 9 nitrogen and oxygen atoms in total. The number of benzene rings is 1. The second-order valence-corrected chi connectivity index (χ2v) is 7.36. The zero-order valence-corrected chi connectivity index (χ0v) is 15.8. The van der Waals surface area contributed by atoms with Gasteiger partial charge in [-0.3, -0.25) is 24.6 Å². The minimum Gasteiger partial charge on any atom is -0.480 e. The van der Waals surface area contributed by atoms with E-state index < -0.39 is 23.4 Å². The largest absolute Gasteiger partial charge is 0.480 e. The van der Waals surface area contributed by atoms with Gasteiger partial charge in [-0.05, 0) is 44.0 Å². The monoisotopic (exact) mass is 388 g/mol. The Labute approximate surface area is 162 Å². The molecule has 4 N–H and O–H groups in total. The van der Waals surface area contributed by atoms with Gasteiger partial charge in [-0.1, -0.05) is 19.1 Å². The average Bonchev–Trinajstić information content (AvgIpc) is 2.88. The van der Waals surface area contributed by atoms with Gasteiger partial charge in [0, 0.05) is 17.6 Å². The summed E-state index contributed by atoms with van der Waals surface area (Å²) in [5.74, 6) is -1.51. The van der Waals surface area contributed by atoms with Gasteiger partial charge < -0.3 is 15.7 Å². The lowest BCUT2D eigenvalue weighted by Crippen LogP contribution is -2.54. The smallest absolute Gasteiger partial charge is 0.322 e. The Balaban J connectivity index is 1.56. The second-order valence-electron chi connectivity index (χ2n) is 7.36. The van der Waals surface area contributed by atoms with Crippen LogP contribution in [0.25, 0.3) is 0 Å². The van der Waals surface area contributed by atoms with Crippen LogP contribution in [0.4, 0.5) is 4.79 Å². The summed E-state index contributed by atoms with van der Waals surface area (Å²) in [6.07, 6.45) is 1.43. The molecule has 28 heavy (non-hydrogen) atoms. The minimum atomic E-state index is -1.15. The Hall–Kier alpha value is -2.94. The number of amides is 4. The third kappa shape index (κ3) is 3.84. The molecule has 4 amide bonds. The summed E-state index contributed by atoms with van der Waals surface area (Å²) in [5, 5.41) is 16.7. The standard InChI is InChI=1S/C19H24N4O5/c1-3-23(10-15(24)25)14-8-13(9-14)20-16(26)11-4-6-12(7-5-11)19(2)17(27)21-18(28)22-19/h4-7,13-14H,3,8-10H2,1-2H3,(H,20,26)(H,24,25)(H2,21,22,27,28). The first-order valence-electron chi connectivity index (χ1n) is 9.23. The van der Waals surface area contributed by atoms with Crippen LogP contribution in [0.2, 0.25) is 0 Å². The number of hydrogen-bond acceptors (Lipinski definition) is 5. The van der Waals surface area contributed by atoms with Gasteiger partial charge in [0.25, 0.3) is 11.8 Å². The first kappa shape index (κ1) is 19.8. The van der Waals surface area contributed by atoms with Crippen molar-refractivity contribution >= 4 is 23.8 Å². The van der Waals surface area contributed by atoms with E-state index in [1.54, 1.807) is 31.2 Å². The van der Waals surface area contributed by atoms with E-state index in [2.05, 4.69) is 16.0 Å². The van der Waals surface area contributed by atoms with Gasteiger partial charge >= 0.3 is 12.0 Å². The van der Waals surface area contributed by atoms with Crippen molar-refractivity contribution in [2.24, 2.45) is 0 Å². The Morgan fingerprint density at radius 1 is 1.25 bits per heavy atom. The molecule has 2 aliphatic rings. The summed E-state index contributed by atoms with van der Waals surface area (Å²) < 4.78 is 0. The van der Waals surface area contributed by atoms with E-state index in [1.807, 2.05) is 11.8 Å². The van der Waals surface area contributed by atoms with Gasteiger partial charge in [-0.25, -0.2) is 4.79 Å². The number of nitrogens with one attached hydrogen (secondary N) is 3. The number of carboxylic acids is 1. The Morgan fingerprint density at radius 3 is 2.39 bits per heavy atom. The zero-order valence-electron chi connectivity index (χ0n) is 15.8. The number of carbonyl (C=O) groups excluding carboxylic acids is 3. The molecule has 0 aromatic heterocycles. The number of imide groups is 1. The number of rotatable bonds is 7. The van der Waals surface area contributed by atoms with Crippen molar-refractivity contribution in [3.05, 3.63) is 35.4 Å². The van der Waals surface area contributed by atoms with Gasteiger partial charge in [-0.2, -0.15) is 0 Å². The first-order valence-corrected chi connectivity index (χ1v) is 9.23. The molecule has 1 saturated heterocycles. The molecule has 1 saturated carbocycles. The summed E-state index contributed by atoms with van der Waals surface area (Å²) >= 11 is 0. The molecule has 1 atom stereocenters. The molecule has 1 aromatic rings. The van der Waals surface area contributed by atoms with Crippen molar-refractivity contribution in [3.8, 4) is 0 Å². The van der Waals surface area contributed by atoms with Crippen LogP contribution in [0.15, 0.2) is 24.3 Å². The molecule has 1 aromatic carbocycles. The van der Waals surface area contributed by atoms with E-state index in [0.717, 1.165) is 12.8 Å². The third-order valence-electron chi connectivity index (χ3n) is 5.48. The second kappa shape index (κ2) is 7.59. The van der Waals surface area contributed by atoms with Crippen LogP contribution in [0.3, 0.4) is 0 Å². The Bertz CT molecular complexity index is 803. The molecule has 2 fully saturated rings. The summed E-state index contributed by atoms with van der Waals surface area (Å²) in [6.45, 7) is 4.19. The van der Waals surface area contributed by atoms with Crippen molar-refractivity contribution in [3.63, 3.8) is 0 Å². The maximum absolute atomic E-state index is 12.4. The van der Waals surface area contributed by atoms with E-state index in [1.165, 1.54) is 0 Å². The number of likely N-dealkylation sites (N-methyl/N-ethyl adjacent to an activating group) is 1.